The highest BCUT2D eigenvalue weighted by atomic mass is 35.5. The van der Waals surface area contributed by atoms with E-state index in [1.165, 1.54) is 12.5 Å². The lowest BCUT2D eigenvalue weighted by Gasteiger charge is -2.12. The molecule has 0 fully saturated rings. The van der Waals surface area contributed by atoms with Crippen molar-refractivity contribution in [2.24, 2.45) is 5.92 Å². The molecule has 2 aromatic heterocycles. The lowest BCUT2D eigenvalue weighted by molar-refractivity contribution is 0.0459. The fourth-order valence-corrected chi connectivity index (χ4v) is 2.43. The Kier molecular flexibility index (Phi) is 6.46. The molecule has 0 radical (unpaired) electrons. The quantitative estimate of drug-likeness (QED) is 0.489. The highest BCUT2D eigenvalue weighted by Gasteiger charge is 2.11. The first-order valence-corrected chi connectivity index (χ1v) is 9.33. The highest BCUT2D eigenvalue weighted by Crippen LogP contribution is 2.28. The molecule has 3 aromatic rings. The van der Waals surface area contributed by atoms with E-state index in [0.29, 0.717) is 46.0 Å². The molecule has 3 rings (SSSR count). The molecule has 9 heteroatoms. The number of pyridine rings is 1. The molecule has 2 heterocycles. The minimum atomic E-state index is -0.353. The molecular formula is C20H21ClN6O2. The van der Waals surface area contributed by atoms with E-state index in [4.69, 9.17) is 22.1 Å². The molecule has 29 heavy (non-hydrogen) atoms. The fourth-order valence-electron chi connectivity index (χ4n) is 2.32. The zero-order chi connectivity index (χ0) is 20.8. The molecule has 0 atom stereocenters. The number of aromatic nitrogens is 3. The van der Waals surface area contributed by atoms with Gasteiger partial charge in [0.1, 0.15) is 17.8 Å². The van der Waals surface area contributed by atoms with Crippen LogP contribution < -0.4 is 16.4 Å². The summed E-state index contributed by atoms with van der Waals surface area (Å²) in [7, 11) is 0. The van der Waals surface area contributed by atoms with Crippen molar-refractivity contribution in [2.45, 2.75) is 13.8 Å². The number of nitrogens with one attached hydrogen (secondary N) is 2. The van der Waals surface area contributed by atoms with Crippen LogP contribution in [-0.4, -0.2) is 27.5 Å². The molecule has 0 spiro atoms. The van der Waals surface area contributed by atoms with Crippen LogP contribution in [0.4, 0.5) is 28.8 Å². The Balaban J connectivity index is 1.70. The maximum absolute atomic E-state index is 12.0. The van der Waals surface area contributed by atoms with Crippen LogP contribution in [0.3, 0.4) is 0 Å². The monoisotopic (exact) mass is 412 g/mol. The van der Waals surface area contributed by atoms with Crippen molar-refractivity contribution in [3.63, 3.8) is 0 Å². The highest BCUT2D eigenvalue weighted by molar-refractivity contribution is 6.30. The van der Waals surface area contributed by atoms with Crippen molar-refractivity contribution >= 4 is 46.4 Å². The number of anilines is 5. The first kappa shape index (κ1) is 20.3. The van der Waals surface area contributed by atoms with E-state index in [2.05, 4.69) is 25.6 Å². The maximum Gasteiger partial charge on any atom is 0.338 e. The van der Waals surface area contributed by atoms with Crippen molar-refractivity contribution in [2.75, 3.05) is 23.0 Å². The maximum atomic E-state index is 12.0. The number of ether oxygens (including phenoxy) is 1. The Morgan fingerprint density at radius 1 is 1.07 bits per heavy atom. The topological polar surface area (TPSA) is 115 Å². The molecule has 0 aliphatic rings. The lowest BCUT2D eigenvalue weighted by Crippen LogP contribution is -2.10. The van der Waals surface area contributed by atoms with Crippen molar-refractivity contribution < 1.29 is 9.53 Å². The van der Waals surface area contributed by atoms with E-state index < -0.39 is 0 Å². The van der Waals surface area contributed by atoms with Gasteiger partial charge in [-0.1, -0.05) is 25.4 Å². The van der Waals surface area contributed by atoms with Crippen LogP contribution in [0.5, 0.6) is 0 Å². The van der Waals surface area contributed by atoms with E-state index in [0.717, 1.165) is 0 Å². The Morgan fingerprint density at radius 3 is 2.38 bits per heavy atom. The zero-order valence-corrected chi connectivity index (χ0v) is 16.8. The van der Waals surface area contributed by atoms with Gasteiger partial charge in [-0.15, -0.1) is 0 Å². The standard InChI is InChI=1S/C20H21ClN6O2/c1-12(2)10-29-20(28)13-3-6-15(7-4-13)26-18-17(22)19(25-11-24-18)27-16-8-5-14(21)9-23-16/h3-9,11-12H,10,22H2,1-2H3,(H2,23,24,25,26,27). The van der Waals surface area contributed by atoms with Crippen molar-refractivity contribution in [3.8, 4) is 0 Å². The molecule has 0 unspecified atom stereocenters. The number of nitrogen functional groups attached to an aromatic ring is 1. The summed E-state index contributed by atoms with van der Waals surface area (Å²) < 4.78 is 5.22. The normalized spacial score (nSPS) is 10.6. The lowest BCUT2D eigenvalue weighted by atomic mass is 10.2. The van der Waals surface area contributed by atoms with Gasteiger partial charge in [0.25, 0.3) is 0 Å². The average molecular weight is 413 g/mol. The van der Waals surface area contributed by atoms with Crippen molar-refractivity contribution in [3.05, 3.63) is 59.5 Å². The number of hydrogen-bond donors (Lipinski definition) is 3. The van der Waals surface area contributed by atoms with E-state index in [9.17, 15) is 4.79 Å². The third kappa shape index (κ3) is 5.55. The second-order valence-electron chi connectivity index (χ2n) is 6.67. The minimum absolute atomic E-state index is 0.284. The Morgan fingerprint density at radius 2 is 1.76 bits per heavy atom. The Labute approximate surface area is 173 Å². The summed E-state index contributed by atoms with van der Waals surface area (Å²) in [5.41, 5.74) is 7.69. The zero-order valence-electron chi connectivity index (χ0n) is 16.0. The number of esters is 1. The van der Waals surface area contributed by atoms with Gasteiger partial charge in [-0.25, -0.2) is 19.7 Å². The van der Waals surface area contributed by atoms with Crippen LogP contribution in [-0.2, 0) is 4.74 Å². The van der Waals surface area contributed by atoms with Gasteiger partial charge in [0.2, 0.25) is 0 Å². The number of benzene rings is 1. The molecular weight excluding hydrogens is 392 g/mol. The van der Waals surface area contributed by atoms with E-state index >= 15 is 0 Å². The van der Waals surface area contributed by atoms with Crippen LogP contribution in [0, 0.1) is 5.92 Å². The van der Waals surface area contributed by atoms with Crippen LogP contribution in [0.15, 0.2) is 48.9 Å². The van der Waals surface area contributed by atoms with Crippen LogP contribution in [0.25, 0.3) is 0 Å². The van der Waals surface area contributed by atoms with Gasteiger partial charge in [0.05, 0.1) is 17.2 Å². The summed E-state index contributed by atoms with van der Waals surface area (Å²) in [5, 5.41) is 6.67. The number of halogens is 1. The molecule has 0 amide bonds. The summed E-state index contributed by atoms with van der Waals surface area (Å²) in [6, 6.07) is 10.3. The number of rotatable bonds is 7. The summed E-state index contributed by atoms with van der Waals surface area (Å²) in [5.74, 6) is 1.31. The predicted molar refractivity (Wildman–Crippen MR) is 114 cm³/mol. The fraction of sp³-hybridized carbons (Fsp3) is 0.200. The summed E-state index contributed by atoms with van der Waals surface area (Å²) in [4.78, 5) is 24.5. The first-order valence-electron chi connectivity index (χ1n) is 8.95. The number of carbonyl (C=O) groups excluding carboxylic acids is 1. The van der Waals surface area contributed by atoms with Gasteiger partial charge < -0.3 is 21.1 Å². The smallest absolute Gasteiger partial charge is 0.338 e. The molecule has 8 nitrogen and oxygen atoms in total. The SMILES string of the molecule is CC(C)COC(=O)c1ccc(Nc2ncnc(Nc3ccc(Cl)cn3)c2N)cc1. The van der Waals surface area contributed by atoms with Gasteiger partial charge >= 0.3 is 5.97 Å². The predicted octanol–water partition coefficient (Wildman–Crippen LogP) is 4.41. The van der Waals surface area contributed by atoms with E-state index in [1.807, 2.05) is 13.8 Å². The molecule has 0 saturated heterocycles. The molecule has 0 bridgehead atoms. The summed E-state index contributed by atoms with van der Waals surface area (Å²) in [6.07, 6.45) is 2.91. The van der Waals surface area contributed by atoms with Crippen LogP contribution in [0.2, 0.25) is 5.02 Å². The van der Waals surface area contributed by atoms with Gasteiger partial charge in [-0.05, 0) is 42.3 Å². The van der Waals surface area contributed by atoms with Crippen LogP contribution >= 0.6 is 11.6 Å². The number of nitrogens with zero attached hydrogens (tertiary/aromatic N) is 3. The summed E-state index contributed by atoms with van der Waals surface area (Å²) in [6.45, 7) is 4.35. The van der Waals surface area contributed by atoms with Gasteiger partial charge in [0, 0.05) is 11.9 Å². The van der Waals surface area contributed by atoms with E-state index in [1.54, 1.807) is 36.4 Å². The second-order valence-corrected chi connectivity index (χ2v) is 7.10. The number of carbonyl (C=O) groups is 1. The molecule has 4 N–H and O–H groups in total. The Hall–Kier alpha value is -3.39. The van der Waals surface area contributed by atoms with E-state index in [-0.39, 0.29) is 11.9 Å². The van der Waals surface area contributed by atoms with Gasteiger partial charge in [0.15, 0.2) is 11.6 Å². The van der Waals surface area contributed by atoms with Crippen molar-refractivity contribution in [1.82, 2.24) is 15.0 Å². The minimum Gasteiger partial charge on any atom is -0.462 e. The third-order valence-corrected chi connectivity index (χ3v) is 4.01. The molecule has 150 valence electrons. The third-order valence-electron chi connectivity index (χ3n) is 3.79. The number of nitrogens with two attached hydrogens (primary N) is 1. The van der Waals surface area contributed by atoms with Gasteiger partial charge in [-0.3, -0.25) is 0 Å². The summed E-state index contributed by atoms with van der Waals surface area (Å²) >= 11 is 5.84. The molecule has 0 aliphatic heterocycles. The van der Waals surface area contributed by atoms with Crippen LogP contribution in [0.1, 0.15) is 24.2 Å². The molecule has 1 aromatic carbocycles. The second kappa shape index (κ2) is 9.20. The van der Waals surface area contributed by atoms with Crippen molar-refractivity contribution in [1.29, 1.82) is 0 Å². The first-order chi connectivity index (χ1) is 13.9. The largest absolute Gasteiger partial charge is 0.462 e. The van der Waals surface area contributed by atoms with Gasteiger partial charge in [-0.2, -0.15) is 0 Å². The Bertz CT molecular complexity index is 977. The number of hydrogen-bond acceptors (Lipinski definition) is 8. The molecule has 0 saturated carbocycles. The molecule has 0 aliphatic carbocycles. The average Bonchev–Trinajstić information content (AvgIpc) is 2.71.